The van der Waals surface area contributed by atoms with Gasteiger partial charge < -0.3 is 4.74 Å². The van der Waals surface area contributed by atoms with Crippen molar-refractivity contribution < 1.29 is 22.7 Å². The van der Waals surface area contributed by atoms with Gasteiger partial charge in [-0.25, -0.2) is 10.2 Å². The maximum absolute atomic E-state index is 12.3. The molecule has 0 aliphatic carbocycles. The number of ether oxygens (including phenoxy) is 1. The third-order valence-electron chi connectivity index (χ3n) is 2.01. The number of alkyl halides is 3. The van der Waals surface area contributed by atoms with Crippen LogP contribution in [-0.2, 0) is 10.9 Å². The van der Waals surface area contributed by atoms with Gasteiger partial charge in [0.05, 0.1) is 11.8 Å². The summed E-state index contributed by atoms with van der Waals surface area (Å²) >= 11 is 0. The van der Waals surface area contributed by atoms with Crippen LogP contribution in [0.2, 0.25) is 0 Å². The Morgan fingerprint density at radius 1 is 1.20 bits per heavy atom. The summed E-state index contributed by atoms with van der Waals surface area (Å²) in [6.07, 6.45) is -3.88. The third kappa shape index (κ3) is 5.73. The first-order valence-corrected chi connectivity index (χ1v) is 5.77. The highest BCUT2D eigenvalue weighted by Gasteiger charge is 2.29. The molecule has 0 bridgehead atoms. The molecule has 4 nitrogen and oxygen atoms in total. The highest BCUT2D eigenvalue weighted by atomic mass is 19.4. The summed E-state index contributed by atoms with van der Waals surface area (Å²) in [6, 6.07) is 4.38. The molecule has 0 atom stereocenters. The normalized spacial score (nSPS) is 12.5. The number of nitrogens with one attached hydrogen (secondary N) is 1. The molecular weight excluding hydrogens is 273 g/mol. The molecule has 1 aromatic rings. The Morgan fingerprint density at radius 3 is 2.20 bits per heavy atom. The molecule has 0 spiro atoms. The predicted octanol–water partition coefficient (Wildman–Crippen LogP) is 3.56. The van der Waals surface area contributed by atoms with Gasteiger partial charge in [-0.05, 0) is 38.5 Å². The number of hydrazone groups is 1. The topological polar surface area (TPSA) is 50.7 Å². The zero-order valence-electron chi connectivity index (χ0n) is 11.3. The number of carbonyl (C=O) groups is 1. The second-order valence-corrected chi connectivity index (χ2v) is 4.99. The predicted molar refractivity (Wildman–Crippen MR) is 68.4 cm³/mol. The van der Waals surface area contributed by atoms with E-state index in [1.807, 2.05) is 0 Å². The zero-order chi connectivity index (χ0) is 15.4. The van der Waals surface area contributed by atoms with Gasteiger partial charge >= 0.3 is 12.3 Å². The van der Waals surface area contributed by atoms with Crippen LogP contribution in [0.5, 0.6) is 0 Å². The van der Waals surface area contributed by atoms with Gasteiger partial charge in [-0.2, -0.15) is 18.3 Å². The molecule has 20 heavy (non-hydrogen) atoms. The van der Waals surface area contributed by atoms with E-state index in [9.17, 15) is 18.0 Å². The van der Waals surface area contributed by atoms with Crippen molar-refractivity contribution in [1.82, 2.24) is 5.43 Å². The van der Waals surface area contributed by atoms with E-state index >= 15 is 0 Å². The van der Waals surface area contributed by atoms with Gasteiger partial charge in [0.2, 0.25) is 0 Å². The monoisotopic (exact) mass is 288 g/mol. The lowest BCUT2D eigenvalue weighted by molar-refractivity contribution is -0.137. The average Bonchev–Trinajstić information content (AvgIpc) is 2.26. The fourth-order valence-electron chi connectivity index (χ4n) is 1.22. The van der Waals surface area contributed by atoms with Crippen molar-refractivity contribution in [3.8, 4) is 0 Å². The Balaban J connectivity index is 2.57. The first-order valence-electron chi connectivity index (χ1n) is 5.77. The van der Waals surface area contributed by atoms with E-state index in [1.54, 1.807) is 20.8 Å². The molecule has 0 unspecified atom stereocenters. The van der Waals surface area contributed by atoms with Crippen molar-refractivity contribution in [2.45, 2.75) is 32.5 Å². The number of hydrogen-bond acceptors (Lipinski definition) is 3. The molecule has 0 aliphatic heterocycles. The second-order valence-electron chi connectivity index (χ2n) is 4.99. The van der Waals surface area contributed by atoms with Gasteiger partial charge in [0.1, 0.15) is 5.60 Å². The summed E-state index contributed by atoms with van der Waals surface area (Å²) in [6.45, 7) is 5.10. The fourth-order valence-corrected chi connectivity index (χ4v) is 1.22. The average molecular weight is 288 g/mol. The molecule has 0 heterocycles. The van der Waals surface area contributed by atoms with Crippen molar-refractivity contribution in [3.63, 3.8) is 0 Å². The fraction of sp³-hybridized carbons (Fsp3) is 0.385. The number of amides is 1. The number of benzene rings is 1. The van der Waals surface area contributed by atoms with E-state index in [2.05, 4.69) is 10.5 Å². The number of rotatable bonds is 2. The van der Waals surface area contributed by atoms with Crippen LogP contribution in [0.25, 0.3) is 0 Å². The van der Waals surface area contributed by atoms with E-state index in [0.717, 1.165) is 12.1 Å². The third-order valence-corrected chi connectivity index (χ3v) is 2.01. The molecule has 1 amide bonds. The minimum atomic E-state index is -4.37. The molecule has 0 saturated heterocycles. The molecule has 0 aromatic heterocycles. The van der Waals surface area contributed by atoms with Gasteiger partial charge in [-0.3, -0.25) is 0 Å². The number of carbonyl (C=O) groups excluding carboxylic acids is 1. The lowest BCUT2D eigenvalue weighted by Crippen LogP contribution is -2.29. The minimum Gasteiger partial charge on any atom is -0.443 e. The Labute approximate surface area is 114 Å². The summed E-state index contributed by atoms with van der Waals surface area (Å²) in [5, 5.41) is 3.59. The smallest absolute Gasteiger partial charge is 0.428 e. The van der Waals surface area contributed by atoms with Crippen LogP contribution in [0, 0.1) is 0 Å². The lowest BCUT2D eigenvalue weighted by Gasteiger charge is -2.18. The largest absolute Gasteiger partial charge is 0.443 e. The van der Waals surface area contributed by atoms with Gasteiger partial charge in [0, 0.05) is 0 Å². The van der Waals surface area contributed by atoms with Gasteiger partial charge in [-0.15, -0.1) is 0 Å². The molecule has 1 rings (SSSR count). The van der Waals surface area contributed by atoms with Crippen molar-refractivity contribution >= 4 is 12.3 Å². The molecule has 7 heteroatoms. The number of halogens is 3. The maximum Gasteiger partial charge on any atom is 0.428 e. The lowest BCUT2D eigenvalue weighted by atomic mass is 10.1. The summed E-state index contributed by atoms with van der Waals surface area (Å²) in [5.41, 5.74) is 1.16. The van der Waals surface area contributed by atoms with Crippen LogP contribution in [0.15, 0.2) is 29.4 Å². The molecule has 0 fully saturated rings. The highest BCUT2D eigenvalue weighted by molar-refractivity contribution is 5.80. The van der Waals surface area contributed by atoms with Crippen molar-refractivity contribution in [1.29, 1.82) is 0 Å². The minimum absolute atomic E-state index is 0.425. The molecule has 0 radical (unpaired) electrons. The first kappa shape index (κ1) is 16.0. The van der Waals surface area contributed by atoms with Crippen LogP contribution in [0.4, 0.5) is 18.0 Å². The van der Waals surface area contributed by atoms with Crippen LogP contribution < -0.4 is 5.43 Å². The zero-order valence-corrected chi connectivity index (χ0v) is 11.3. The van der Waals surface area contributed by atoms with Gasteiger partial charge in [-0.1, -0.05) is 12.1 Å². The van der Waals surface area contributed by atoms with Gasteiger partial charge in [0.25, 0.3) is 0 Å². The quantitative estimate of drug-likeness (QED) is 0.668. The Kier molecular flexibility index (Phi) is 4.75. The van der Waals surface area contributed by atoms with Crippen molar-refractivity contribution in [2.75, 3.05) is 0 Å². The number of nitrogens with zero attached hydrogens (tertiary/aromatic N) is 1. The molecule has 0 aliphatic rings. The Morgan fingerprint density at radius 2 is 1.75 bits per heavy atom. The van der Waals surface area contributed by atoms with E-state index in [-0.39, 0.29) is 0 Å². The summed E-state index contributed by atoms with van der Waals surface area (Å²) in [7, 11) is 0. The van der Waals surface area contributed by atoms with Gasteiger partial charge in [0.15, 0.2) is 0 Å². The van der Waals surface area contributed by atoms with E-state index in [0.29, 0.717) is 5.56 Å². The Hall–Kier alpha value is -2.05. The van der Waals surface area contributed by atoms with E-state index in [4.69, 9.17) is 4.74 Å². The summed E-state index contributed by atoms with van der Waals surface area (Å²) < 4.78 is 41.9. The van der Waals surface area contributed by atoms with E-state index < -0.39 is 23.4 Å². The number of hydrogen-bond donors (Lipinski definition) is 1. The second kappa shape index (κ2) is 5.94. The standard InChI is InChI=1S/C13H15F3N2O2/c1-12(2,3)20-11(19)18-17-8-9-4-6-10(7-5-9)13(14,15)16/h4-8H,1-3H3,(H,18,19). The summed E-state index contributed by atoms with van der Waals surface area (Å²) in [4.78, 5) is 11.2. The van der Waals surface area contributed by atoms with Crippen LogP contribution in [-0.4, -0.2) is 17.9 Å². The molecular formula is C13H15F3N2O2. The summed E-state index contributed by atoms with van der Waals surface area (Å²) in [5.74, 6) is 0. The maximum atomic E-state index is 12.3. The van der Waals surface area contributed by atoms with E-state index in [1.165, 1.54) is 18.3 Å². The Bertz CT molecular complexity index is 488. The molecule has 110 valence electrons. The first-order chi connectivity index (χ1) is 9.08. The van der Waals surface area contributed by atoms with Crippen molar-refractivity contribution in [2.24, 2.45) is 5.10 Å². The highest BCUT2D eigenvalue weighted by Crippen LogP contribution is 2.28. The SMILES string of the molecule is CC(C)(C)OC(=O)NN=Cc1ccc(C(F)(F)F)cc1. The molecule has 0 saturated carbocycles. The molecule has 1 N–H and O–H groups in total. The van der Waals surface area contributed by atoms with Crippen LogP contribution >= 0.6 is 0 Å². The van der Waals surface area contributed by atoms with Crippen molar-refractivity contribution in [3.05, 3.63) is 35.4 Å². The molecule has 1 aromatic carbocycles. The van der Waals surface area contributed by atoms with Crippen LogP contribution in [0.3, 0.4) is 0 Å². The van der Waals surface area contributed by atoms with Crippen LogP contribution in [0.1, 0.15) is 31.9 Å².